The zero-order chi connectivity index (χ0) is 13.1. The highest BCUT2D eigenvalue weighted by Crippen LogP contribution is 2.34. The lowest BCUT2D eigenvalue weighted by atomic mass is 9.82. The van der Waals surface area contributed by atoms with Gasteiger partial charge in [0.15, 0.2) is 0 Å². The maximum Gasteiger partial charge on any atom is 0.125 e. The number of benzene rings is 1. The van der Waals surface area contributed by atoms with Crippen molar-refractivity contribution in [1.29, 1.82) is 0 Å². The van der Waals surface area contributed by atoms with E-state index in [1.807, 2.05) is 19.1 Å². The number of hydrogen-bond acceptors (Lipinski definition) is 2. The number of rotatable bonds is 5. The molecule has 0 bridgehead atoms. The van der Waals surface area contributed by atoms with Gasteiger partial charge in [0, 0.05) is 5.02 Å². The van der Waals surface area contributed by atoms with Crippen LogP contribution in [0.2, 0.25) is 5.02 Å². The van der Waals surface area contributed by atoms with E-state index in [0.717, 1.165) is 34.7 Å². The van der Waals surface area contributed by atoms with Gasteiger partial charge in [0.05, 0.1) is 7.11 Å². The van der Waals surface area contributed by atoms with Crippen molar-refractivity contribution in [1.82, 2.24) is 0 Å². The summed E-state index contributed by atoms with van der Waals surface area (Å²) in [4.78, 5) is 0. The van der Waals surface area contributed by atoms with Crippen LogP contribution in [0.1, 0.15) is 31.4 Å². The molecule has 0 fully saturated rings. The number of halogens is 1. The Bertz CT molecular complexity index is 388. The van der Waals surface area contributed by atoms with Gasteiger partial charge in [-0.2, -0.15) is 0 Å². The van der Waals surface area contributed by atoms with Gasteiger partial charge in [-0.05, 0) is 55.0 Å². The molecule has 0 spiro atoms. The second-order valence-corrected chi connectivity index (χ2v) is 5.73. The van der Waals surface area contributed by atoms with Crippen LogP contribution in [0.4, 0.5) is 0 Å². The quantitative estimate of drug-likeness (QED) is 0.873. The van der Waals surface area contributed by atoms with E-state index in [9.17, 15) is 0 Å². The smallest absolute Gasteiger partial charge is 0.125 e. The predicted octanol–water partition coefficient (Wildman–Crippen LogP) is 3.57. The van der Waals surface area contributed by atoms with Crippen molar-refractivity contribution >= 4 is 11.6 Å². The molecule has 2 nitrogen and oxygen atoms in total. The first-order valence-corrected chi connectivity index (χ1v) is 6.30. The van der Waals surface area contributed by atoms with Crippen LogP contribution in [-0.4, -0.2) is 13.7 Å². The number of ether oxygens (including phenoxy) is 1. The average molecular weight is 256 g/mol. The van der Waals surface area contributed by atoms with Crippen LogP contribution in [0, 0.1) is 12.3 Å². The van der Waals surface area contributed by atoms with E-state index in [-0.39, 0.29) is 5.41 Å². The first-order valence-electron chi connectivity index (χ1n) is 5.92. The molecule has 0 saturated carbocycles. The molecule has 0 atom stereocenters. The van der Waals surface area contributed by atoms with Crippen LogP contribution in [0.15, 0.2) is 12.1 Å². The molecule has 17 heavy (non-hydrogen) atoms. The number of nitrogens with two attached hydrogens (primary N) is 1. The Morgan fingerprint density at radius 1 is 1.35 bits per heavy atom. The zero-order valence-electron chi connectivity index (χ0n) is 11.1. The van der Waals surface area contributed by atoms with Crippen molar-refractivity contribution in [2.24, 2.45) is 11.1 Å². The largest absolute Gasteiger partial charge is 0.496 e. The highest BCUT2D eigenvalue weighted by Gasteiger charge is 2.20. The monoisotopic (exact) mass is 255 g/mol. The van der Waals surface area contributed by atoms with Crippen molar-refractivity contribution < 1.29 is 4.74 Å². The van der Waals surface area contributed by atoms with E-state index in [4.69, 9.17) is 22.1 Å². The van der Waals surface area contributed by atoms with Crippen molar-refractivity contribution in [3.05, 3.63) is 28.3 Å². The van der Waals surface area contributed by atoms with Gasteiger partial charge < -0.3 is 10.5 Å². The minimum atomic E-state index is 0.166. The third kappa shape index (κ3) is 3.90. The Hall–Kier alpha value is -0.730. The minimum absolute atomic E-state index is 0.166. The summed E-state index contributed by atoms with van der Waals surface area (Å²) >= 11 is 6.10. The van der Waals surface area contributed by atoms with Gasteiger partial charge in [-0.3, -0.25) is 0 Å². The maximum absolute atomic E-state index is 6.10. The van der Waals surface area contributed by atoms with Crippen molar-refractivity contribution in [3.63, 3.8) is 0 Å². The first-order chi connectivity index (χ1) is 7.89. The summed E-state index contributed by atoms with van der Waals surface area (Å²) in [5.41, 5.74) is 8.05. The van der Waals surface area contributed by atoms with Crippen LogP contribution in [0.5, 0.6) is 5.75 Å². The van der Waals surface area contributed by atoms with Crippen molar-refractivity contribution in [2.75, 3.05) is 13.7 Å². The lowest BCUT2D eigenvalue weighted by Gasteiger charge is -2.25. The Morgan fingerprint density at radius 2 is 2.00 bits per heavy atom. The Balaban J connectivity index is 3.04. The summed E-state index contributed by atoms with van der Waals surface area (Å²) in [6.07, 6.45) is 1.91. The molecule has 1 rings (SSSR count). The second kappa shape index (κ2) is 5.74. The van der Waals surface area contributed by atoms with Crippen molar-refractivity contribution in [3.8, 4) is 5.75 Å². The number of methoxy groups -OCH3 is 1. The molecule has 0 aromatic heterocycles. The summed E-state index contributed by atoms with van der Waals surface area (Å²) in [5.74, 6) is 0.944. The predicted molar refractivity (Wildman–Crippen MR) is 73.9 cm³/mol. The van der Waals surface area contributed by atoms with Crippen LogP contribution >= 0.6 is 11.6 Å². The molecule has 3 heteroatoms. The lowest BCUT2D eigenvalue weighted by Crippen LogP contribution is -2.20. The molecule has 0 aliphatic rings. The van der Waals surface area contributed by atoms with E-state index in [1.165, 1.54) is 0 Å². The van der Waals surface area contributed by atoms with Crippen molar-refractivity contribution in [2.45, 2.75) is 33.6 Å². The molecule has 0 saturated heterocycles. The molecule has 96 valence electrons. The van der Waals surface area contributed by atoms with Crippen LogP contribution in [0.25, 0.3) is 0 Å². The average Bonchev–Trinajstić information content (AvgIpc) is 2.15. The van der Waals surface area contributed by atoms with Gasteiger partial charge in [0.1, 0.15) is 5.75 Å². The number of hydrogen-bond donors (Lipinski definition) is 1. The fourth-order valence-electron chi connectivity index (χ4n) is 2.22. The van der Waals surface area contributed by atoms with Crippen LogP contribution in [0.3, 0.4) is 0 Å². The standard InChI is InChI=1S/C14H22ClNO/c1-10-7-12(15)8-11(13(10)17-4)9-14(2,3)5-6-16/h7-8H,5-6,9,16H2,1-4H3. The molecular formula is C14H22ClNO. The third-order valence-electron chi connectivity index (χ3n) is 3.01. The Labute approximate surface area is 109 Å². The molecule has 0 aliphatic carbocycles. The summed E-state index contributed by atoms with van der Waals surface area (Å²) in [5, 5.41) is 0.766. The van der Waals surface area contributed by atoms with Gasteiger partial charge in [-0.1, -0.05) is 25.4 Å². The van der Waals surface area contributed by atoms with E-state index >= 15 is 0 Å². The van der Waals surface area contributed by atoms with Gasteiger partial charge in [0.25, 0.3) is 0 Å². The Kier molecular flexibility index (Phi) is 4.84. The van der Waals surface area contributed by atoms with E-state index < -0.39 is 0 Å². The number of aryl methyl sites for hydroxylation is 1. The maximum atomic E-state index is 6.10. The van der Waals surface area contributed by atoms with E-state index in [1.54, 1.807) is 7.11 Å². The van der Waals surface area contributed by atoms with Gasteiger partial charge in [0.2, 0.25) is 0 Å². The first kappa shape index (κ1) is 14.3. The summed E-state index contributed by atoms with van der Waals surface area (Å²) in [7, 11) is 1.70. The zero-order valence-corrected chi connectivity index (χ0v) is 11.9. The molecule has 0 radical (unpaired) electrons. The fourth-order valence-corrected chi connectivity index (χ4v) is 2.51. The highest BCUT2D eigenvalue weighted by molar-refractivity contribution is 6.30. The van der Waals surface area contributed by atoms with E-state index in [0.29, 0.717) is 6.54 Å². The second-order valence-electron chi connectivity index (χ2n) is 5.29. The molecule has 0 heterocycles. The molecule has 0 amide bonds. The minimum Gasteiger partial charge on any atom is -0.496 e. The Morgan fingerprint density at radius 3 is 2.53 bits per heavy atom. The normalized spacial score (nSPS) is 11.6. The highest BCUT2D eigenvalue weighted by atomic mass is 35.5. The molecule has 0 aliphatic heterocycles. The molecule has 1 aromatic rings. The van der Waals surface area contributed by atoms with Crippen LogP contribution in [-0.2, 0) is 6.42 Å². The summed E-state index contributed by atoms with van der Waals surface area (Å²) in [6.45, 7) is 7.16. The van der Waals surface area contributed by atoms with Gasteiger partial charge in [-0.15, -0.1) is 0 Å². The SMILES string of the molecule is COc1c(C)cc(Cl)cc1CC(C)(C)CCN. The molecule has 1 aromatic carbocycles. The third-order valence-corrected chi connectivity index (χ3v) is 3.23. The molecule has 0 unspecified atom stereocenters. The van der Waals surface area contributed by atoms with Crippen LogP contribution < -0.4 is 10.5 Å². The lowest BCUT2D eigenvalue weighted by molar-refractivity contribution is 0.328. The van der Waals surface area contributed by atoms with Gasteiger partial charge in [-0.25, -0.2) is 0 Å². The van der Waals surface area contributed by atoms with E-state index in [2.05, 4.69) is 13.8 Å². The molecular weight excluding hydrogens is 234 g/mol. The topological polar surface area (TPSA) is 35.2 Å². The molecule has 2 N–H and O–H groups in total. The fraction of sp³-hybridized carbons (Fsp3) is 0.571. The van der Waals surface area contributed by atoms with Gasteiger partial charge >= 0.3 is 0 Å². The summed E-state index contributed by atoms with van der Waals surface area (Å²) in [6, 6.07) is 3.92. The summed E-state index contributed by atoms with van der Waals surface area (Å²) < 4.78 is 5.47.